The zero-order valence-electron chi connectivity index (χ0n) is 12.5. The van der Waals surface area contributed by atoms with Crippen LogP contribution >= 0.6 is 0 Å². The minimum Gasteiger partial charge on any atom is -0.356 e. The fraction of sp³-hybridized carbons (Fsp3) is 0.588. The van der Waals surface area contributed by atoms with Crippen molar-refractivity contribution in [1.82, 2.24) is 10.6 Å². The van der Waals surface area contributed by atoms with E-state index in [0.717, 1.165) is 6.54 Å². The van der Waals surface area contributed by atoms with Crippen molar-refractivity contribution in [3.05, 3.63) is 35.6 Å². The Bertz CT molecular complexity index is 444. The van der Waals surface area contributed by atoms with E-state index in [9.17, 15) is 9.18 Å². The van der Waals surface area contributed by atoms with Gasteiger partial charge in [-0.25, -0.2) is 4.39 Å². The summed E-state index contributed by atoms with van der Waals surface area (Å²) in [5.74, 6) is -0.166. The van der Waals surface area contributed by atoms with Crippen LogP contribution in [-0.4, -0.2) is 25.0 Å². The number of benzene rings is 1. The Kier molecular flexibility index (Phi) is 6.67. The molecular weight excluding hydrogens is 267 g/mol. The van der Waals surface area contributed by atoms with E-state index in [1.54, 1.807) is 12.1 Å². The third-order valence-corrected chi connectivity index (χ3v) is 4.06. The minimum atomic E-state index is -0.203. The van der Waals surface area contributed by atoms with E-state index in [1.165, 1.54) is 38.2 Å². The molecule has 3 nitrogen and oxygen atoms in total. The highest BCUT2D eigenvalue weighted by Crippen LogP contribution is 2.17. The summed E-state index contributed by atoms with van der Waals surface area (Å²) in [6.45, 7) is 1.22. The number of halogens is 1. The summed E-state index contributed by atoms with van der Waals surface area (Å²) in [5, 5.41) is 6.30. The first-order chi connectivity index (χ1) is 10.3. The van der Waals surface area contributed by atoms with Crippen molar-refractivity contribution in [2.45, 2.75) is 51.0 Å². The minimum absolute atomic E-state index is 0.0367. The van der Waals surface area contributed by atoms with Gasteiger partial charge in [-0.3, -0.25) is 4.79 Å². The first-order valence-corrected chi connectivity index (χ1v) is 7.99. The molecule has 2 rings (SSSR count). The van der Waals surface area contributed by atoms with Gasteiger partial charge in [-0.1, -0.05) is 37.5 Å². The summed E-state index contributed by atoms with van der Waals surface area (Å²) in [6, 6.07) is 7.28. The molecule has 1 aromatic rings. The Balaban J connectivity index is 1.56. The molecule has 1 amide bonds. The second-order valence-electron chi connectivity index (χ2n) is 5.73. The lowest BCUT2D eigenvalue weighted by molar-refractivity contribution is -0.121. The summed E-state index contributed by atoms with van der Waals surface area (Å²) >= 11 is 0. The van der Waals surface area contributed by atoms with E-state index in [2.05, 4.69) is 10.6 Å². The number of hydrogen-bond acceptors (Lipinski definition) is 2. The average Bonchev–Trinajstić information content (AvgIpc) is 2.50. The van der Waals surface area contributed by atoms with E-state index < -0.39 is 0 Å². The lowest BCUT2D eigenvalue weighted by Gasteiger charge is -2.22. The first-order valence-electron chi connectivity index (χ1n) is 7.99. The molecule has 4 heteroatoms. The maximum absolute atomic E-state index is 13.4. The maximum atomic E-state index is 13.4. The van der Waals surface area contributed by atoms with Crippen molar-refractivity contribution in [2.24, 2.45) is 0 Å². The summed E-state index contributed by atoms with van der Waals surface area (Å²) in [4.78, 5) is 11.7. The number of amides is 1. The fourth-order valence-corrected chi connectivity index (χ4v) is 2.82. The van der Waals surface area contributed by atoms with Crippen LogP contribution in [0.5, 0.6) is 0 Å². The zero-order chi connectivity index (χ0) is 14.9. The van der Waals surface area contributed by atoms with Gasteiger partial charge >= 0.3 is 0 Å². The second-order valence-corrected chi connectivity index (χ2v) is 5.73. The predicted molar refractivity (Wildman–Crippen MR) is 82.6 cm³/mol. The molecule has 0 aromatic heterocycles. The van der Waals surface area contributed by atoms with E-state index in [4.69, 9.17) is 0 Å². The lowest BCUT2D eigenvalue weighted by atomic mass is 9.95. The smallest absolute Gasteiger partial charge is 0.221 e. The van der Waals surface area contributed by atoms with Crippen molar-refractivity contribution in [3.8, 4) is 0 Å². The van der Waals surface area contributed by atoms with Gasteiger partial charge in [-0.15, -0.1) is 0 Å². The van der Waals surface area contributed by atoms with Crippen molar-refractivity contribution < 1.29 is 9.18 Å². The van der Waals surface area contributed by atoms with Crippen LogP contribution in [0, 0.1) is 5.82 Å². The molecule has 1 aliphatic carbocycles. The standard InChI is InChI=1S/C17H25FN2O/c18-16-9-5-4-6-14(16)10-12-20-17(21)11-13-19-15-7-2-1-3-8-15/h4-6,9,15,19H,1-3,7-8,10-13H2,(H,20,21). The molecule has 116 valence electrons. The maximum Gasteiger partial charge on any atom is 0.221 e. The van der Waals surface area contributed by atoms with Crippen molar-refractivity contribution in [2.75, 3.05) is 13.1 Å². The molecule has 1 aromatic carbocycles. The molecule has 0 unspecified atom stereocenters. The van der Waals surface area contributed by atoms with Gasteiger partial charge in [0.1, 0.15) is 5.82 Å². The normalized spacial score (nSPS) is 15.9. The Morgan fingerprint density at radius 2 is 1.90 bits per heavy atom. The largest absolute Gasteiger partial charge is 0.356 e. The van der Waals surface area contributed by atoms with E-state index in [0.29, 0.717) is 31.0 Å². The third-order valence-electron chi connectivity index (χ3n) is 4.06. The SMILES string of the molecule is O=C(CCNC1CCCCC1)NCCc1ccccc1F. The van der Waals surface area contributed by atoms with Crippen molar-refractivity contribution in [3.63, 3.8) is 0 Å². The highest BCUT2D eigenvalue weighted by atomic mass is 19.1. The van der Waals surface area contributed by atoms with Crippen LogP contribution in [0.25, 0.3) is 0 Å². The number of nitrogens with one attached hydrogen (secondary N) is 2. The van der Waals surface area contributed by atoms with Crippen LogP contribution in [0.2, 0.25) is 0 Å². The molecule has 0 heterocycles. The molecule has 0 aliphatic heterocycles. The van der Waals surface area contributed by atoms with Gasteiger partial charge in [0, 0.05) is 25.6 Å². The quantitative estimate of drug-likeness (QED) is 0.811. The topological polar surface area (TPSA) is 41.1 Å². The Morgan fingerprint density at radius 1 is 1.14 bits per heavy atom. The molecule has 0 atom stereocenters. The molecule has 0 saturated heterocycles. The highest BCUT2D eigenvalue weighted by Gasteiger charge is 2.12. The van der Waals surface area contributed by atoms with E-state index in [-0.39, 0.29) is 11.7 Å². The van der Waals surface area contributed by atoms with Crippen LogP contribution in [-0.2, 0) is 11.2 Å². The van der Waals surface area contributed by atoms with Gasteiger partial charge in [0.15, 0.2) is 0 Å². The molecule has 2 N–H and O–H groups in total. The van der Waals surface area contributed by atoms with Crippen molar-refractivity contribution >= 4 is 5.91 Å². The van der Waals surface area contributed by atoms with Crippen LogP contribution in [0.4, 0.5) is 4.39 Å². The van der Waals surface area contributed by atoms with E-state index >= 15 is 0 Å². The van der Waals surface area contributed by atoms with Gasteiger partial charge < -0.3 is 10.6 Å². The average molecular weight is 292 g/mol. The van der Waals surface area contributed by atoms with Crippen LogP contribution in [0.15, 0.2) is 24.3 Å². The number of carbonyl (C=O) groups is 1. The van der Waals surface area contributed by atoms with Gasteiger partial charge in [0.2, 0.25) is 5.91 Å². The Labute approximate surface area is 126 Å². The van der Waals surface area contributed by atoms with Crippen LogP contribution < -0.4 is 10.6 Å². The monoisotopic (exact) mass is 292 g/mol. The zero-order valence-corrected chi connectivity index (χ0v) is 12.5. The highest BCUT2D eigenvalue weighted by molar-refractivity contribution is 5.76. The second kappa shape index (κ2) is 8.78. The lowest BCUT2D eigenvalue weighted by Crippen LogP contribution is -2.35. The van der Waals surface area contributed by atoms with Gasteiger partial charge in [0.05, 0.1) is 0 Å². The molecule has 0 radical (unpaired) electrons. The third kappa shape index (κ3) is 5.84. The fourth-order valence-electron chi connectivity index (χ4n) is 2.82. The molecule has 1 aliphatic rings. The van der Waals surface area contributed by atoms with Gasteiger partial charge in [-0.05, 0) is 30.9 Å². The first kappa shape index (κ1) is 16.0. The molecule has 1 saturated carbocycles. The molecule has 1 fully saturated rings. The molecule has 21 heavy (non-hydrogen) atoms. The number of rotatable bonds is 7. The van der Waals surface area contributed by atoms with Crippen molar-refractivity contribution in [1.29, 1.82) is 0 Å². The van der Waals surface area contributed by atoms with Gasteiger partial charge in [0.25, 0.3) is 0 Å². The number of hydrogen-bond donors (Lipinski definition) is 2. The summed E-state index contributed by atoms with van der Waals surface area (Å²) in [7, 11) is 0. The Morgan fingerprint density at radius 3 is 2.67 bits per heavy atom. The molecular formula is C17H25FN2O. The van der Waals surface area contributed by atoms with E-state index in [1.807, 2.05) is 6.07 Å². The van der Waals surface area contributed by atoms with Crippen LogP contribution in [0.1, 0.15) is 44.1 Å². The summed E-state index contributed by atoms with van der Waals surface area (Å²) < 4.78 is 13.4. The summed E-state index contributed by atoms with van der Waals surface area (Å²) in [5.41, 5.74) is 0.651. The predicted octanol–water partition coefficient (Wildman–Crippen LogP) is 2.80. The Hall–Kier alpha value is -1.42. The van der Waals surface area contributed by atoms with Crippen LogP contribution in [0.3, 0.4) is 0 Å². The molecule has 0 spiro atoms. The molecule has 0 bridgehead atoms. The number of carbonyl (C=O) groups excluding carboxylic acids is 1. The van der Waals surface area contributed by atoms with Gasteiger partial charge in [-0.2, -0.15) is 0 Å². The summed E-state index contributed by atoms with van der Waals surface area (Å²) in [6.07, 6.45) is 7.43.